The molecule has 1 aromatic carbocycles. The summed E-state index contributed by atoms with van der Waals surface area (Å²) in [7, 11) is 0. The number of carboxylic acid groups (broad SMARTS) is 1. The van der Waals surface area contributed by atoms with Gasteiger partial charge in [0.25, 0.3) is 0 Å². The van der Waals surface area contributed by atoms with E-state index in [2.05, 4.69) is 6.92 Å². The highest BCUT2D eigenvalue weighted by Gasteiger charge is 2.09. The van der Waals surface area contributed by atoms with Crippen LogP contribution < -0.4 is 4.74 Å². The molecule has 0 spiro atoms. The van der Waals surface area contributed by atoms with Gasteiger partial charge in [-0.1, -0.05) is 25.5 Å². The number of aromatic carboxylic acids is 1. The lowest BCUT2D eigenvalue weighted by molar-refractivity contribution is 0.0389. The van der Waals surface area contributed by atoms with Gasteiger partial charge in [-0.25, -0.2) is 4.79 Å². The summed E-state index contributed by atoms with van der Waals surface area (Å²) in [5, 5.41) is 8.97. The Balaban J connectivity index is 2.37. The molecule has 18 heavy (non-hydrogen) atoms. The average Bonchev–Trinajstić information content (AvgIpc) is 2.35. The van der Waals surface area contributed by atoms with E-state index in [4.69, 9.17) is 14.6 Å². The summed E-state index contributed by atoms with van der Waals surface area (Å²) < 4.78 is 11.0. The third-order valence-electron chi connectivity index (χ3n) is 2.56. The maximum atomic E-state index is 10.9. The number of para-hydroxylation sites is 1. The minimum absolute atomic E-state index is 0.180. The van der Waals surface area contributed by atoms with Crippen molar-refractivity contribution in [2.45, 2.75) is 32.8 Å². The van der Waals surface area contributed by atoms with Crippen molar-refractivity contribution in [2.24, 2.45) is 0 Å². The molecule has 1 atom stereocenters. The van der Waals surface area contributed by atoms with Gasteiger partial charge in [-0.15, -0.1) is 0 Å². The molecule has 100 valence electrons. The van der Waals surface area contributed by atoms with E-state index in [0.29, 0.717) is 19.0 Å². The number of benzene rings is 1. The zero-order valence-electron chi connectivity index (χ0n) is 10.9. The van der Waals surface area contributed by atoms with Crippen molar-refractivity contribution in [2.75, 3.05) is 13.2 Å². The van der Waals surface area contributed by atoms with E-state index in [0.717, 1.165) is 12.8 Å². The fourth-order valence-corrected chi connectivity index (χ4v) is 1.66. The quantitative estimate of drug-likeness (QED) is 0.723. The molecule has 0 bridgehead atoms. The lowest BCUT2D eigenvalue weighted by Gasteiger charge is -2.13. The van der Waals surface area contributed by atoms with E-state index >= 15 is 0 Å². The average molecular weight is 252 g/mol. The second-order valence-electron chi connectivity index (χ2n) is 4.12. The van der Waals surface area contributed by atoms with Crippen LogP contribution in [-0.4, -0.2) is 30.4 Å². The molecule has 0 fully saturated rings. The molecule has 1 unspecified atom stereocenters. The minimum Gasteiger partial charge on any atom is -0.490 e. The first-order valence-electron chi connectivity index (χ1n) is 6.21. The molecule has 0 aliphatic carbocycles. The Morgan fingerprint density at radius 3 is 2.72 bits per heavy atom. The van der Waals surface area contributed by atoms with Crippen molar-refractivity contribution in [3.8, 4) is 5.75 Å². The third kappa shape index (κ3) is 4.75. The fourth-order valence-electron chi connectivity index (χ4n) is 1.66. The van der Waals surface area contributed by atoms with Crippen molar-refractivity contribution in [3.63, 3.8) is 0 Å². The van der Waals surface area contributed by atoms with Gasteiger partial charge >= 0.3 is 5.97 Å². The highest BCUT2D eigenvalue weighted by molar-refractivity contribution is 5.90. The summed E-state index contributed by atoms with van der Waals surface area (Å²) in [5.74, 6) is -0.595. The molecule has 1 N–H and O–H groups in total. The molecular formula is C14H20O4. The van der Waals surface area contributed by atoms with Crippen molar-refractivity contribution < 1.29 is 19.4 Å². The Morgan fingerprint density at radius 2 is 2.06 bits per heavy atom. The highest BCUT2D eigenvalue weighted by atomic mass is 16.5. The summed E-state index contributed by atoms with van der Waals surface area (Å²) in [5.41, 5.74) is 0.180. The highest BCUT2D eigenvalue weighted by Crippen LogP contribution is 2.17. The normalized spacial score (nSPS) is 12.1. The van der Waals surface area contributed by atoms with Crippen molar-refractivity contribution in [3.05, 3.63) is 29.8 Å². The lowest BCUT2D eigenvalue weighted by atomic mass is 10.2. The first-order valence-corrected chi connectivity index (χ1v) is 6.21. The fraction of sp³-hybridized carbons (Fsp3) is 0.500. The van der Waals surface area contributed by atoms with Crippen LogP contribution in [0.2, 0.25) is 0 Å². The predicted molar refractivity (Wildman–Crippen MR) is 69.2 cm³/mol. The van der Waals surface area contributed by atoms with E-state index in [1.807, 2.05) is 6.92 Å². The first kappa shape index (κ1) is 14.5. The van der Waals surface area contributed by atoms with E-state index in [1.54, 1.807) is 18.2 Å². The topological polar surface area (TPSA) is 55.8 Å². The van der Waals surface area contributed by atoms with Crippen molar-refractivity contribution >= 4 is 5.97 Å². The number of carboxylic acids is 1. The molecular weight excluding hydrogens is 232 g/mol. The number of hydrogen-bond acceptors (Lipinski definition) is 3. The van der Waals surface area contributed by atoms with Gasteiger partial charge in [0.05, 0.1) is 12.7 Å². The largest absolute Gasteiger partial charge is 0.490 e. The standard InChI is InChI=1S/C14H20O4/c1-3-6-11(2)17-9-10-18-13-8-5-4-7-12(13)14(15)16/h4-5,7-8,11H,3,6,9-10H2,1-2H3,(H,15,16). The van der Waals surface area contributed by atoms with Gasteiger partial charge in [-0.3, -0.25) is 0 Å². The van der Waals surface area contributed by atoms with Crippen LogP contribution in [0, 0.1) is 0 Å². The van der Waals surface area contributed by atoms with Gasteiger partial charge in [0.1, 0.15) is 17.9 Å². The predicted octanol–water partition coefficient (Wildman–Crippen LogP) is 2.97. The zero-order chi connectivity index (χ0) is 13.4. The van der Waals surface area contributed by atoms with Crippen LogP contribution in [0.1, 0.15) is 37.0 Å². The van der Waals surface area contributed by atoms with Crippen LogP contribution >= 0.6 is 0 Å². The van der Waals surface area contributed by atoms with Crippen LogP contribution in [0.25, 0.3) is 0 Å². The van der Waals surface area contributed by atoms with Gasteiger partial charge in [0.2, 0.25) is 0 Å². The van der Waals surface area contributed by atoms with Gasteiger partial charge in [0.15, 0.2) is 0 Å². The van der Waals surface area contributed by atoms with Gasteiger partial charge < -0.3 is 14.6 Å². The van der Waals surface area contributed by atoms with Crippen molar-refractivity contribution in [1.29, 1.82) is 0 Å². The molecule has 4 heteroatoms. The van der Waals surface area contributed by atoms with Crippen LogP contribution in [-0.2, 0) is 4.74 Å². The lowest BCUT2D eigenvalue weighted by Crippen LogP contribution is -2.14. The molecule has 0 saturated heterocycles. The van der Waals surface area contributed by atoms with E-state index < -0.39 is 5.97 Å². The third-order valence-corrected chi connectivity index (χ3v) is 2.56. The molecule has 1 aromatic rings. The van der Waals surface area contributed by atoms with E-state index in [9.17, 15) is 4.79 Å². The molecule has 1 rings (SSSR count). The van der Waals surface area contributed by atoms with Gasteiger partial charge in [-0.2, -0.15) is 0 Å². The molecule has 0 radical (unpaired) electrons. The van der Waals surface area contributed by atoms with Gasteiger partial charge in [0, 0.05) is 0 Å². The first-order chi connectivity index (χ1) is 8.65. The van der Waals surface area contributed by atoms with E-state index in [-0.39, 0.29) is 11.7 Å². The summed E-state index contributed by atoms with van der Waals surface area (Å²) in [6.07, 6.45) is 2.32. The van der Waals surface area contributed by atoms with Crippen LogP contribution in [0.15, 0.2) is 24.3 Å². The van der Waals surface area contributed by atoms with E-state index in [1.165, 1.54) is 6.07 Å². The number of hydrogen-bond donors (Lipinski definition) is 1. The van der Waals surface area contributed by atoms with Crippen molar-refractivity contribution in [1.82, 2.24) is 0 Å². The van der Waals surface area contributed by atoms with Crippen LogP contribution in [0.4, 0.5) is 0 Å². The second kappa shape index (κ2) is 7.71. The molecule has 0 aliphatic heterocycles. The Morgan fingerprint density at radius 1 is 1.33 bits per heavy atom. The molecule has 0 aromatic heterocycles. The number of carbonyl (C=O) groups is 1. The summed E-state index contributed by atoms with van der Waals surface area (Å²) in [4.78, 5) is 10.9. The molecule has 0 heterocycles. The Labute approximate surface area is 108 Å². The number of ether oxygens (including phenoxy) is 2. The smallest absolute Gasteiger partial charge is 0.339 e. The van der Waals surface area contributed by atoms with Crippen LogP contribution in [0.3, 0.4) is 0 Å². The second-order valence-corrected chi connectivity index (χ2v) is 4.12. The molecule has 4 nitrogen and oxygen atoms in total. The summed E-state index contributed by atoms with van der Waals surface area (Å²) in [6.45, 7) is 4.96. The van der Waals surface area contributed by atoms with Crippen LogP contribution in [0.5, 0.6) is 5.75 Å². The maximum Gasteiger partial charge on any atom is 0.339 e. The Kier molecular flexibility index (Phi) is 6.22. The zero-order valence-corrected chi connectivity index (χ0v) is 10.9. The summed E-state index contributed by atoms with van der Waals surface area (Å²) >= 11 is 0. The summed E-state index contributed by atoms with van der Waals surface area (Å²) in [6, 6.07) is 6.61. The minimum atomic E-state index is -0.981. The molecule has 0 aliphatic rings. The Bertz CT molecular complexity index is 376. The molecule has 0 amide bonds. The number of rotatable bonds is 8. The monoisotopic (exact) mass is 252 g/mol. The SMILES string of the molecule is CCCC(C)OCCOc1ccccc1C(=O)O. The Hall–Kier alpha value is -1.55. The van der Waals surface area contributed by atoms with Gasteiger partial charge in [-0.05, 0) is 25.5 Å². The molecule has 0 saturated carbocycles. The maximum absolute atomic E-state index is 10.9.